The van der Waals surface area contributed by atoms with Crippen LogP contribution in [-0.4, -0.2) is 34.2 Å². The van der Waals surface area contributed by atoms with Gasteiger partial charge in [0.15, 0.2) is 17.1 Å². The minimum absolute atomic E-state index is 0.161. The molecule has 0 saturated heterocycles. The molecule has 1 amide bonds. The van der Waals surface area contributed by atoms with Crippen LogP contribution in [0.25, 0.3) is 11.2 Å². The van der Waals surface area contributed by atoms with Gasteiger partial charge in [0.05, 0.1) is 26.3 Å². The van der Waals surface area contributed by atoms with Crippen molar-refractivity contribution in [2.24, 2.45) is 0 Å². The van der Waals surface area contributed by atoms with Crippen LogP contribution < -0.4 is 25.9 Å². The van der Waals surface area contributed by atoms with Crippen LogP contribution in [0.5, 0.6) is 11.5 Å². The molecule has 0 aliphatic heterocycles. The number of carbonyl (C=O) groups excluding carboxylic acids is 1. The minimum Gasteiger partial charge on any atom is -0.493 e. The summed E-state index contributed by atoms with van der Waals surface area (Å²) in [6.07, 6.45) is 1.55. The number of pyridine rings is 1. The molecule has 2 aromatic carbocycles. The molecule has 0 fully saturated rings. The van der Waals surface area contributed by atoms with E-state index in [0.717, 1.165) is 15.7 Å². The summed E-state index contributed by atoms with van der Waals surface area (Å²) in [5.41, 5.74) is 1.89. The minimum atomic E-state index is -0.785. The second-order valence-electron chi connectivity index (χ2n) is 8.04. The second-order valence-corrected chi connectivity index (χ2v) is 8.04. The van der Waals surface area contributed by atoms with Crippen LogP contribution >= 0.6 is 0 Å². The first-order chi connectivity index (χ1) is 16.9. The van der Waals surface area contributed by atoms with E-state index in [4.69, 9.17) is 9.47 Å². The van der Waals surface area contributed by atoms with E-state index in [2.05, 4.69) is 10.3 Å². The van der Waals surface area contributed by atoms with Crippen LogP contribution in [0.15, 0.2) is 70.4 Å². The molecule has 0 aliphatic carbocycles. The molecule has 4 aromatic rings. The Kier molecular flexibility index (Phi) is 6.96. The summed E-state index contributed by atoms with van der Waals surface area (Å²) in [5, 5.41) is 2.78. The topological polar surface area (TPSA) is 104 Å². The van der Waals surface area contributed by atoms with Gasteiger partial charge in [-0.3, -0.25) is 23.5 Å². The Morgan fingerprint density at radius 3 is 2.40 bits per heavy atom. The van der Waals surface area contributed by atoms with Gasteiger partial charge in [0.1, 0.15) is 6.54 Å². The molecule has 35 heavy (non-hydrogen) atoms. The van der Waals surface area contributed by atoms with Crippen LogP contribution in [0, 0.1) is 6.92 Å². The number of aryl methyl sites for hydroxylation is 1. The number of fused-ring (bicyclic) bond motifs is 1. The van der Waals surface area contributed by atoms with Gasteiger partial charge in [0.25, 0.3) is 0 Å². The van der Waals surface area contributed by atoms with E-state index >= 15 is 0 Å². The zero-order valence-corrected chi connectivity index (χ0v) is 19.8. The number of methoxy groups -OCH3 is 2. The number of rotatable bonds is 8. The zero-order chi connectivity index (χ0) is 24.9. The Balaban J connectivity index is 1.62. The van der Waals surface area contributed by atoms with Crippen molar-refractivity contribution < 1.29 is 14.3 Å². The van der Waals surface area contributed by atoms with Crippen LogP contribution in [0.1, 0.15) is 16.7 Å². The van der Waals surface area contributed by atoms with E-state index in [-0.39, 0.29) is 19.6 Å². The molecule has 9 heteroatoms. The van der Waals surface area contributed by atoms with Crippen molar-refractivity contribution in [1.82, 2.24) is 19.4 Å². The van der Waals surface area contributed by atoms with Gasteiger partial charge in [-0.1, -0.05) is 42.0 Å². The molecule has 1 N–H and O–H groups in total. The molecule has 0 atom stereocenters. The SMILES string of the molecule is COc1cccc(CNC(=O)Cn2c(=O)c(=O)n(Cc3ccc(C)cc3)c3ncccc32)c1OC. The predicted octanol–water partition coefficient (Wildman–Crippen LogP) is 2.25. The van der Waals surface area contributed by atoms with Crippen LogP contribution in [0.2, 0.25) is 0 Å². The van der Waals surface area contributed by atoms with E-state index in [0.29, 0.717) is 28.2 Å². The van der Waals surface area contributed by atoms with E-state index in [9.17, 15) is 14.4 Å². The number of hydrogen-bond donors (Lipinski definition) is 1. The summed E-state index contributed by atoms with van der Waals surface area (Å²) < 4.78 is 13.2. The van der Waals surface area contributed by atoms with Crippen LogP contribution in [-0.2, 0) is 24.4 Å². The van der Waals surface area contributed by atoms with E-state index in [1.54, 1.807) is 36.5 Å². The van der Waals surface area contributed by atoms with Crippen molar-refractivity contribution in [3.63, 3.8) is 0 Å². The number of amides is 1. The maximum absolute atomic E-state index is 13.0. The Bertz CT molecular complexity index is 1490. The largest absolute Gasteiger partial charge is 0.493 e. The smallest absolute Gasteiger partial charge is 0.318 e. The van der Waals surface area contributed by atoms with Gasteiger partial charge >= 0.3 is 11.1 Å². The molecule has 0 unspecified atom stereocenters. The third-order valence-corrected chi connectivity index (χ3v) is 5.71. The lowest BCUT2D eigenvalue weighted by Gasteiger charge is -2.15. The zero-order valence-electron chi connectivity index (χ0n) is 19.8. The third-order valence-electron chi connectivity index (χ3n) is 5.71. The van der Waals surface area contributed by atoms with Gasteiger partial charge in [-0.15, -0.1) is 0 Å². The van der Waals surface area contributed by atoms with Crippen LogP contribution in [0.3, 0.4) is 0 Å². The van der Waals surface area contributed by atoms with Gasteiger partial charge < -0.3 is 14.8 Å². The van der Waals surface area contributed by atoms with Gasteiger partial charge in [0, 0.05) is 18.3 Å². The van der Waals surface area contributed by atoms with E-state index in [1.165, 1.54) is 18.8 Å². The molecule has 0 bridgehead atoms. The summed E-state index contributed by atoms with van der Waals surface area (Å²) in [7, 11) is 3.06. The quantitative estimate of drug-likeness (QED) is 0.393. The lowest BCUT2D eigenvalue weighted by atomic mass is 10.1. The lowest BCUT2D eigenvalue weighted by Crippen LogP contribution is -2.44. The first-order valence-corrected chi connectivity index (χ1v) is 11.0. The number of para-hydroxylation sites is 1. The van der Waals surface area contributed by atoms with Gasteiger partial charge in [-0.25, -0.2) is 4.98 Å². The molecule has 2 heterocycles. The van der Waals surface area contributed by atoms with Gasteiger partial charge in [0.2, 0.25) is 5.91 Å². The molecule has 0 radical (unpaired) electrons. The number of hydrogen-bond acceptors (Lipinski definition) is 6. The van der Waals surface area contributed by atoms with Gasteiger partial charge in [-0.05, 0) is 30.7 Å². The highest BCUT2D eigenvalue weighted by atomic mass is 16.5. The fourth-order valence-corrected chi connectivity index (χ4v) is 3.91. The highest BCUT2D eigenvalue weighted by Crippen LogP contribution is 2.30. The Hall–Kier alpha value is -4.40. The summed E-state index contributed by atoms with van der Waals surface area (Å²) in [6.45, 7) is 2.01. The number of nitrogens with zero attached hydrogens (tertiary/aromatic N) is 3. The number of nitrogens with one attached hydrogen (secondary N) is 1. The molecular formula is C26H26N4O5. The molecule has 0 aliphatic rings. The highest BCUT2D eigenvalue weighted by Gasteiger charge is 2.17. The van der Waals surface area contributed by atoms with Crippen molar-refractivity contribution in [2.45, 2.75) is 26.6 Å². The fourth-order valence-electron chi connectivity index (χ4n) is 3.91. The van der Waals surface area contributed by atoms with Crippen molar-refractivity contribution in [2.75, 3.05) is 14.2 Å². The van der Waals surface area contributed by atoms with Crippen molar-refractivity contribution in [1.29, 1.82) is 0 Å². The lowest BCUT2D eigenvalue weighted by molar-refractivity contribution is -0.121. The second kappa shape index (κ2) is 10.3. The maximum Gasteiger partial charge on any atom is 0.318 e. The van der Waals surface area contributed by atoms with Crippen molar-refractivity contribution in [3.05, 3.63) is 98.2 Å². The number of aromatic nitrogens is 3. The number of ether oxygens (including phenoxy) is 2. The summed E-state index contributed by atoms with van der Waals surface area (Å²) in [6, 6.07) is 16.4. The monoisotopic (exact) mass is 474 g/mol. The average Bonchev–Trinajstić information content (AvgIpc) is 2.88. The number of benzene rings is 2. The van der Waals surface area contributed by atoms with E-state index < -0.39 is 17.0 Å². The molecule has 180 valence electrons. The average molecular weight is 475 g/mol. The molecule has 0 spiro atoms. The number of carbonyl (C=O) groups is 1. The summed E-state index contributed by atoms with van der Waals surface area (Å²) in [4.78, 5) is 43.2. The Morgan fingerprint density at radius 1 is 0.943 bits per heavy atom. The third kappa shape index (κ3) is 4.93. The normalized spacial score (nSPS) is 10.8. The van der Waals surface area contributed by atoms with Crippen molar-refractivity contribution in [3.8, 4) is 11.5 Å². The molecule has 9 nitrogen and oxygen atoms in total. The first-order valence-electron chi connectivity index (χ1n) is 11.0. The molecule has 4 rings (SSSR count). The summed E-state index contributed by atoms with van der Waals surface area (Å²) >= 11 is 0. The molecular weight excluding hydrogens is 448 g/mol. The predicted molar refractivity (Wildman–Crippen MR) is 132 cm³/mol. The molecule has 2 aromatic heterocycles. The maximum atomic E-state index is 13.0. The fraction of sp³-hybridized carbons (Fsp3) is 0.231. The van der Waals surface area contributed by atoms with Crippen LogP contribution in [0.4, 0.5) is 0 Å². The summed E-state index contributed by atoms with van der Waals surface area (Å²) in [5.74, 6) is 0.628. The van der Waals surface area contributed by atoms with Gasteiger partial charge in [-0.2, -0.15) is 0 Å². The van der Waals surface area contributed by atoms with E-state index in [1.807, 2.05) is 31.2 Å². The highest BCUT2D eigenvalue weighted by molar-refractivity contribution is 5.79. The molecule has 0 saturated carbocycles. The Labute approximate surface area is 201 Å². The van der Waals surface area contributed by atoms with Crippen molar-refractivity contribution >= 4 is 17.1 Å². The standard InChI is InChI=1S/C26H26N4O5/c1-17-9-11-18(12-10-17)15-30-24-20(7-5-13-27-24)29(25(32)26(30)33)16-22(31)28-14-19-6-4-8-21(34-2)23(19)35-3/h4-13H,14-16H2,1-3H3,(H,28,31). The Morgan fingerprint density at radius 2 is 1.69 bits per heavy atom. The first kappa shape index (κ1) is 23.7.